The Morgan fingerprint density at radius 3 is 3.00 bits per heavy atom. The van der Waals surface area contributed by atoms with E-state index in [0.29, 0.717) is 18.9 Å². The normalized spacial score (nSPS) is 17.4. The molecule has 1 aromatic heterocycles. The number of aromatic nitrogens is 1. The molecule has 0 aromatic carbocycles. The van der Waals surface area contributed by atoms with Gasteiger partial charge in [0, 0.05) is 44.9 Å². The molecule has 0 saturated carbocycles. The van der Waals surface area contributed by atoms with E-state index in [9.17, 15) is 13.2 Å². The average Bonchev–Trinajstić information content (AvgIpc) is 2.65. The fourth-order valence-corrected chi connectivity index (χ4v) is 3.44. The van der Waals surface area contributed by atoms with Crippen LogP contribution >= 0.6 is 0 Å². The number of carbonyl (C=O) groups is 1. The van der Waals surface area contributed by atoms with Crippen LogP contribution in [0, 0.1) is 0 Å². The Kier molecular flexibility index (Phi) is 4.56. The van der Waals surface area contributed by atoms with Crippen molar-refractivity contribution in [3.05, 3.63) is 18.3 Å². The van der Waals surface area contributed by atoms with Crippen LogP contribution in [0.1, 0.15) is 13.3 Å². The fourth-order valence-electron chi connectivity index (χ4n) is 1.99. The van der Waals surface area contributed by atoms with Crippen molar-refractivity contribution in [1.82, 2.24) is 14.6 Å². The predicted molar refractivity (Wildman–Crippen MR) is 74.8 cm³/mol. The third-order valence-corrected chi connectivity index (χ3v) is 4.89. The predicted octanol–water partition coefficient (Wildman–Crippen LogP) is 0.0240. The molecule has 2 heterocycles. The van der Waals surface area contributed by atoms with Crippen molar-refractivity contribution in [2.45, 2.75) is 18.2 Å². The molecule has 2 N–H and O–H groups in total. The third kappa shape index (κ3) is 3.26. The summed E-state index contributed by atoms with van der Waals surface area (Å²) in [5, 5.41) is 5.64. The van der Waals surface area contributed by atoms with Crippen molar-refractivity contribution in [3.8, 4) is 0 Å². The first-order valence-electron chi connectivity index (χ1n) is 6.51. The summed E-state index contributed by atoms with van der Waals surface area (Å²) in [6.07, 6.45) is 1.65. The first-order chi connectivity index (χ1) is 9.54. The first kappa shape index (κ1) is 14.7. The highest BCUT2D eigenvalue weighted by atomic mass is 32.2. The monoisotopic (exact) mass is 298 g/mol. The summed E-state index contributed by atoms with van der Waals surface area (Å²) in [5.74, 6) is 0.406. The maximum atomic E-state index is 12.5. The summed E-state index contributed by atoms with van der Waals surface area (Å²) < 4.78 is 26.4. The van der Waals surface area contributed by atoms with Gasteiger partial charge in [-0.25, -0.2) is 13.4 Å². The summed E-state index contributed by atoms with van der Waals surface area (Å²) in [4.78, 5) is 15.5. The van der Waals surface area contributed by atoms with E-state index in [1.165, 1.54) is 22.6 Å². The Morgan fingerprint density at radius 2 is 2.25 bits per heavy atom. The van der Waals surface area contributed by atoms with Crippen LogP contribution in [0.4, 0.5) is 5.82 Å². The number of hydrogen-bond donors (Lipinski definition) is 2. The highest BCUT2D eigenvalue weighted by Gasteiger charge is 2.27. The van der Waals surface area contributed by atoms with Crippen molar-refractivity contribution < 1.29 is 13.2 Å². The lowest BCUT2D eigenvalue weighted by atomic mass is 10.4. The summed E-state index contributed by atoms with van der Waals surface area (Å²) in [6, 6.07) is 2.98. The second kappa shape index (κ2) is 6.19. The molecule has 0 aliphatic carbocycles. The van der Waals surface area contributed by atoms with E-state index >= 15 is 0 Å². The average molecular weight is 298 g/mol. The van der Waals surface area contributed by atoms with Gasteiger partial charge in [-0.3, -0.25) is 4.79 Å². The molecule has 7 nitrogen and oxygen atoms in total. The quantitative estimate of drug-likeness (QED) is 0.818. The van der Waals surface area contributed by atoms with Crippen molar-refractivity contribution in [2.75, 3.05) is 31.5 Å². The van der Waals surface area contributed by atoms with Gasteiger partial charge in [-0.05, 0) is 13.0 Å². The van der Waals surface area contributed by atoms with Gasteiger partial charge in [-0.1, -0.05) is 0 Å². The number of rotatable bonds is 4. The van der Waals surface area contributed by atoms with Gasteiger partial charge in [0.1, 0.15) is 5.82 Å². The van der Waals surface area contributed by atoms with Gasteiger partial charge in [-0.2, -0.15) is 4.31 Å². The molecular weight excluding hydrogens is 280 g/mol. The second-order valence-corrected chi connectivity index (χ2v) is 6.35. The minimum absolute atomic E-state index is 0.120. The van der Waals surface area contributed by atoms with E-state index in [1.54, 1.807) is 0 Å². The lowest BCUT2D eigenvalue weighted by Gasteiger charge is -2.19. The summed E-state index contributed by atoms with van der Waals surface area (Å²) >= 11 is 0. The van der Waals surface area contributed by atoms with Gasteiger partial charge < -0.3 is 10.6 Å². The minimum Gasteiger partial charge on any atom is -0.370 e. The molecule has 1 aliphatic heterocycles. The Bertz CT molecular complexity index is 588. The van der Waals surface area contributed by atoms with E-state index in [-0.39, 0.29) is 30.3 Å². The third-order valence-electron chi connectivity index (χ3n) is 3.00. The lowest BCUT2D eigenvalue weighted by molar-refractivity contribution is -0.120. The van der Waals surface area contributed by atoms with Crippen molar-refractivity contribution in [1.29, 1.82) is 0 Å². The maximum absolute atomic E-state index is 12.5. The maximum Gasteiger partial charge on any atom is 0.243 e. The van der Waals surface area contributed by atoms with Crippen molar-refractivity contribution in [2.24, 2.45) is 0 Å². The molecule has 20 heavy (non-hydrogen) atoms. The van der Waals surface area contributed by atoms with E-state index < -0.39 is 10.0 Å². The van der Waals surface area contributed by atoms with Gasteiger partial charge in [0.05, 0.1) is 4.90 Å². The number of nitrogens with one attached hydrogen (secondary N) is 2. The van der Waals surface area contributed by atoms with Crippen LogP contribution < -0.4 is 10.6 Å². The molecule has 1 fully saturated rings. The smallest absolute Gasteiger partial charge is 0.243 e. The number of sulfonamides is 1. The van der Waals surface area contributed by atoms with Gasteiger partial charge >= 0.3 is 0 Å². The van der Waals surface area contributed by atoms with Crippen LogP contribution in [0.5, 0.6) is 0 Å². The zero-order valence-corrected chi connectivity index (χ0v) is 12.1. The van der Waals surface area contributed by atoms with Crippen LogP contribution in [0.2, 0.25) is 0 Å². The topological polar surface area (TPSA) is 91.4 Å². The summed E-state index contributed by atoms with van der Waals surface area (Å²) in [6.45, 7) is 3.40. The van der Waals surface area contributed by atoms with Crippen molar-refractivity contribution >= 4 is 21.7 Å². The molecule has 1 saturated heterocycles. The van der Waals surface area contributed by atoms with Crippen LogP contribution in [0.15, 0.2) is 23.2 Å². The molecule has 2 rings (SSSR count). The molecule has 0 spiro atoms. The molecule has 0 atom stereocenters. The Balaban J connectivity index is 2.25. The molecule has 0 radical (unpaired) electrons. The van der Waals surface area contributed by atoms with Gasteiger partial charge in [0.15, 0.2) is 0 Å². The molecule has 1 aromatic rings. The van der Waals surface area contributed by atoms with Crippen LogP contribution in [-0.4, -0.2) is 49.8 Å². The Hall–Kier alpha value is -1.67. The standard InChI is InChI=1S/C12H18N4O3S/c1-2-13-11-9-10(3-5-14-11)20(18,19)16-7-4-12(17)15-6-8-16/h3,5,9H,2,4,6-8H2,1H3,(H,13,14)(H,15,17). The molecular formula is C12H18N4O3S. The molecule has 110 valence electrons. The van der Waals surface area contributed by atoms with Gasteiger partial charge in [0.25, 0.3) is 0 Å². The van der Waals surface area contributed by atoms with E-state index in [0.717, 1.165) is 0 Å². The fraction of sp³-hybridized carbons (Fsp3) is 0.500. The Morgan fingerprint density at radius 1 is 1.45 bits per heavy atom. The van der Waals surface area contributed by atoms with Crippen LogP contribution in [0.25, 0.3) is 0 Å². The number of hydrogen-bond acceptors (Lipinski definition) is 5. The summed E-state index contributed by atoms with van der Waals surface area (Å²) in [7, 11) is -3.59. The number of nitrogens with zero attached hydrogens (tertiary/aromatic N) is 2. The van der Waals surface area contributed by atoms with E-state index in [4.69, 9.17) is 0 Å². The largest absolute Gasteiger partial charge is 0.370 e. The lowest BCUT2D eigenvalue weighted by Crippen LogP contribution is -2.34. The number of anilines is 1. The molecule has 8 heteroatoms. The first-order valence-corrected chi connectivity index (χ1v) is 7.95. The number of carbonyl (C=O) groups excluding carboxylic acids is 1. The highest BCUT2D eigenvalue weighted by Crippen LogP contribution is 2.18. The minimum atomic E-state index is -3.59. The van der Waals surface area contributed by atoms with Crippen LogP contribution in [0.3, 0.4) is 0 Å². The van der Waals surface area contributed by atoms with Gasteiger partial charge in [0.2, 0.25) is 15.9 Å². The Labute approximate surface area is 118 Å². The molecule has 0 bridgehead atoms. The highest BCUT2D eigenvalue weighted by molar-refractivity contribution is 7.89. The summed E-state index contributed by atoms with van der Waals surface area (Å²) in [5.41, 5.74) is 0. The zero-order chi connectivity index (χ0) is 14.6. The second-order valence-electron chi connectivity index (χ2n) is 4.41. The number of amides is 1. The van der Waals surface area contributed by atoms with Crippen LogP contribution in [-0.2, 0) is 14.8 Å². The molecule has 1 amide bonds. The van der Waals surface area contributed by atoms with Crippen molar-refractivity contribution in [3.63, 3.8) is 0 Å². The van der Waals surface area contributed by atoms with E-state index in [2.05, 4.69) is 15.6 Å². The molecule has 0 unspecified atom stereocenters. The SMILES string of the molecule is CCNc1cc(S(=O)(=O)N2CCNC(=O)CC2)ccn1. The number of pyridine rings is 1. The molecule has 1 aliphatic rings. The van der Waals surface area contributed by atoms with Gasteiger partial charge in [-0.15, -0.1) is 0 Å². The zero-order valence-electron chi connectivity index (χ0n) is 11.3. The van der Waals surface area contributed by atoms with E-state index in [1.807, 2.05) is 6.92 Å².